The van der Waals surface area contributed by atoms with Gasteiger partial charge in [0.2, 0.25) is 11.8 Å². The molecule has 0 saturated carbocycles. The van der Waals surface area contributed by atoms with E-state index in [4.69, 9.17) is 0 Å². The van der Waals surface area contributed by atoms with Gasteiger partial charge in [-0.3, -0.25) is 14.6 Å². The molecule has 1 fully saturated rings. The number of aromatic nitrogens is 1. The average molecular weight is 289 g/mol. The van der Waals surface area contributed by atoms with Crippen molar-refractivity contribution >= 4 is 11.8 Å². The first-order valence-electron chi connectivity index (χ1n) is 7.40. The number of hydrogen-bond acceptors (Lipinski definition) is 3. The van der Waals surface area contributed by atoms with Crippen LogP contribution in [0.3, 0.4) is 0 Å². The predicted molar refractivity (Wildman–Crippen MR) is 80.4 cm³/mol. The molecule has 2 amide bonds. The first-order chi connectivity index (χ1) is 9.85. The molecule has 1 aromatic heterocycles. The normalized spacial score (nSPS) is 26.5. The Labute approximate surface area is 125 Å². The van der Waals surface area contributed by atoms with E-state index in [-0.39, 0.29) is 17.9 Å². The molecule has 2 heterocycles. The van der Waals surface area contributed by atoms with E-state index in [0.29, 0.717) is 19.4 Å². The van der Waals surface area contributed by atoms with Crippen molar-refractivity contribution in [3.05, 3.63) is 29.6 Å². The number of rotatable bonds is 3. The number of hydrogen-bond donors (Lipinski definition) is 1. The molecule has 114 valence electrons. The summed E-state index contributed by atoms with van der Waals surface area (Å²) in [7, 11) is 0. The van der Waals surface area contributed by atoms with E-state index >= 15 is 0 Å². The summed E-state index contributed by atoms with van der Waals surface area (Å²) in [6.45, 7) is 7.98. The van der Waals surface area contributed by atoms with E-state index in [1.807, 2.05) is 39.0 Å². The molecule has 5 nitrogen and oxygen atoms in total. The molecule has 0 spiro atoms. The fourth-order valence-corrected chi connectivity index (χ4v) is 2.64. The highest BCUT2D eigenvalue weighted by atomic mass is 16.2. The number of nitrogens with one attached hydrogen (secondary N) is 1. The Bertz CT molecular complexity index is 558. The largest absolute Gasteiger partial charge is 0.342 e. The summed E-state index contributed by atoms with van der Waals surface area (Å²) in [6, 6.07) is 5.65. The van der Waals surface area contributed by atoms with Crippen LogP contribution in [0.5, 0.6) is 0 Å². The van der Waals surface area contributed by atoms with Crippen LogP contribution in [0.25, 0.3) is 0 Å². The number of pyridine rings is 1. The van der Waals surface area contributed by atoms with Crippen molar-refractivity contribution in [2.24, 2.45) is 0 Å². The Hall–Kier alpha value is -1.91. The fraction of sp³-hybridized carbons (Fsp3) is 0.562. The zero-order valence-corrected chi connectivity index (χ0v) is 13.1. The van der Waals surface area contributed by atoms with Gasteiger partial charge in [0.15, 0.2) is 0 Å². The molecule has 2 atom stereocenters. The first-order valence-corrected chi connectivity index (χ1v) is 7.40. The van der Waals surface area contributed by atoms with Gasteiger partial charge in [-0.15, -0.1) is 0 Å². The lowest BCUT2D eigenvalue weighted by Gasteiger charge is -2.33. The van der Waals surface area contributed by atoms with Crippen LogP contribution in [0.2, 0.25) is 0 Å². The summed E-state index contributed by atoms with van der Waals surface area (Å²) in [5, 5.41) is 2.86. The van der Waals surface area contributed by atoms with E-state index in [1.165, 1.54) is 0 Å². The molecule has 0 bridgehead atoms. The van der Waals surface area contributed by atoms with E-state index in [1.54, 1.807) is 11.8 Å². The lowest BCUT2D eigenvalue weighted by Crippen LogP contribution is -2.55. The maximum absolute atomic E-state index is 12.8. The second kappa shape index (κ2) is 5.84. The second-order valence-corrected chi connectivity index (χ2v) is 5.99. The third-order valence-corrected chi connectivity index (χ3v) is 4.15. The topological polar surface area (TPSA) is 62.3 Å². The van der Waals surface area contributed by atoms with Crippen LogP contribution in [-0.2, 0) is 16.1 Å². The summed E-state index contributed by atoms with van der Waals surface area (Å²) in [6.07, 6.45) is 0.898. The third-order valence-electron chi connectivity index (χ3n) is 4.15. The molecule has 1 saturated heterocycles. The highest BCUT2D eigenvalue weighted by Crippen LogP contribution is 2.22. The molecule has 1 N–H and O–H groups in total. The number of carbonyl (C=O) groups is 2. The van der Waals surface area contributed by atoms with Gasteiger partial charge in [-0.2, -0.15) is 0 Å². The van der Waals surface area contributed by atoms with Gasteiger partial charge in [-0.25, -0.2) is 0 Å². The van der Waals surface area contributed by atoms with Gasteiger partial charge in [0.05, 0.1) is 12.2 Å². The summed E-state index contributed by atoms with van der Waals surface area (Å²) >= 11 is 0. The van der Waals surface area contributed by atoms with Crippen molar-refractivity contribution in [1.29, 1.82) is 0 Å². The molecule has 5 heteroatoms. The van der Waals surface area contributed by atoms with Crippen molar-refractivity contribution in [2.75, 3.05) is 0 Å². The minimum absolute atomic E-state index is 0.0355. The predicted octanol–water partition coefficient (Wildman–Crippen LogP) is 1.80. The Kier molecular flexibility index (Phi) is 4.30. The molecule has 0 radical (unpaired) electrons. The van der Waals surface area contributed by atoms with Gasteiger partial charge < -0.3 is 10.2 Å². The highest BCUT2D eigenvalue weighted by Gasteiger charge is 2.41. The first kappa shape index (κ1) is 15.5. The minimum Gasteiger partial charge on any atom is -0.342 e. The van der Waals surface area contributed by atoms with E-state index in [0.717, 1.165) is 11.4 Å². The standard InChI is InChI=1S/C16H23N3O2/c1-5-16(4)15(21)19(12(3)9-14(20)18-16)10-13-8-6-7-11(2)17-13/h6-8,12H,5,9-10H2,1-4H3,(H,18,20). The number of aryl methyl sites for hydroxylation is 1. The van der Waals surface area contributed by atoms with Crippen LogP contribution >= 0.6 is 0 Å². The molecule has 0 aliphatic carbocycles. The van der Waals surface area contributed by atoms with Crippen molar-refractivity contribution in [3.8, 4) is 0 Å². The molecule has 21 heavy (non-hydrogen) atoms. The summed E-state index contributed by atoms with van der Waals surface area (Å²) in [5.74, 6) is -0.105. The van der Waals surface area contributed by atoms with Crippen molar-refractivity contribution in [1.82, 2.24) is 15.2 Å². The third kappa shape index (κ3) is 3.23. The van der Waals surface area contributed by atoms with Crippen LogP contribution in [0.15, 0.2) is 18.2 Å². The smallest absolute Gasteiger partial charge is 0.248 e. The Morgan fingerprint density at radius 3 is 2.76 bits per heavy atom. The Morgan fingerprint density at radius 2 is 2.14 bits per heavy atom. The van der Waals surface area contributed by atoms with E-state index < -0.39 is 5.54 Å². The van der Waals surface area contributed by atoms with Crippen LogP contribution in [-0.4, -0.2) is 33.3 Å². The zero-order valence-electron chi connectivity index (χ0n) is 13.1. The molecule has 1 aromatic rings. The van der Waals surface area contributed by atoms with Gasteiger partial charge >= 0.3 is 0 Å². The summed E-state index contributed by atoms with van der Waals surface area (Å²) in [4.78, 5) is 31.0. The number of amides is 2. The molecular weight excluding hydrogens is 266 g/mol. The molecular formula is C16H23N3O2. The van der Waals surface area contributed by atoms with Gasteiger partial charge in [-0.1, -0.05) is 13.0 Å². The maximum atomic E-state index is 12.8. The van der Waals surface area contributed by atoms with Crippen LogP contribution in [0.4, 0.5) is 0 Å². The number of carbonyl (C=O) groups excluding carboxylic acids is 2. The SMILES string of the molecule is CCC1(C)NC(=O)CC(C)N(Cc2cccc(C)n2)C1=O. The Morgan fingerprint density at radius 1 is 1.43 bits per heavy atom. The lowest BCUT2D eigenvalue weighted by atomic mass is 9.97. The number of nitrogens with zero attached hydrogens (tertiary/aromatic N) is 2. The van der Waals surface area contributed by atoms with E-state index in [2.05, 4.69) is 10.3 Å². The summed E-state index contributed by atoms with van der Waals surface area (Å²) < 4.78 is 0. The van der Waals surface area contributed by atoms with Gasteiger partial charge in [0.25, 0.3) is 0 Å². The maximum Gasteiger partial charge on any atom is 0.248 e. The molecule has 1 aliphatic rings. The van der Waals surface area contributed by atoms with E-state index in [9.17, 15) is 9.59 Å². The molecule has 0 aromatic carbocycles. The molecule has 1 aliphatic heterocycles. The highest BCUT2D eigenvalue weighted by molar-refractivity contribution is 5.93. The summed E-state index contributed by atoms with van der Waals surface area (Å²) in [5.41, 5.74) is 0.948. The average Bonchev–Trinajstić information content (AvgIpc) is 2.50. The fourth-order valence-electron chi connectivity index (χ4n) is 2.64. The van der Waals surface area contributed by atoms with Crippen LogP contribution in [0, 0.1) is 6.92 Å². The second-order valence-electron chi connectivity index (χ2n) is 5.99. The zero-order chi connectivity index (χ0) is 15.6. The molecule has 2 unspecified atom stereocenters. The van der Waals surface area contributed by atoms with Crippen LogP contribution < -0.4 is 5.32 Å². The van der Waals surface area contributed by atoms with Crippen molar-refractivity contribution < 1.29 is 9.59 Å². The van der Waals surface area contributed by atoms with Gasteiger partial charge in [0, 0.05) is 18.2 Å². The van der Waals surface area contributed by atoms with Crippen molar-refractivity contribution in [2.45, 2.75) is 58.7 Å². The lowest BCUT2D eigenvalue weighted by molar-refractivity contribution is -0.140. The van der Waals surface area contributed by atoms with Gasteiger partial charge in [0.1, 0.15) is 5.54 Å². The monoisotopic (exact) mass is 289 g/mol. The van der Waals surface area contributed by atoms with Crippen LogP contribution in [0.1, 0.15) is 45.0 Å². The van der Waals surface area contributed by atoms with Crippen molar-refractivity contribution in [3.63, 3.8) is 0 Å². The Balaban J connectivity index is 2.30. The quantitative estimate of drug-likeness (QED) is 0.923. The molecule has 2 rings (SSSR count). The van der Waals surface area contributed by atoms with Gasteiger partial charge in [-0.05, 0) is 39.3 Å². The minimum atomic E-state index is -0.828.